The lowest BCUT2D eigenvalue weighted by atomic mass is 10.2. The quantitative estimate of drug-likeness (QED) is 0.544. The van der Waals surface area contributed by atoms with Gasteiger partial charge in [-0.25, -0.2) is 4.79 Å². The molecule has 0 aliphatic rings. The third kappa shape index (κ3) is 3.58. The minimum atomic E-state index is -0.466. The van der Waals surface area contributed by atoms with Crippen molar-refractivity contribution in [2.75, 3.05) is 6.61 Å². The summed E-state index contributed by atoms with van der Waals surface area (Å²) in [5.74, 6) is 0.581. The van der Waals surface area contributed by atoms with Crippen LogP contribution >= 0.6 is 0 Å². The Morgan fingerprint density at radius 3 is 2.43 bits per heavy atom. The molecule has 0 heterocycles. The van der Waals surface area contributed by atoms with Gasteiger partial charge in [0.2, 0.25) is 0 Å². The van der Waals surface area contributed by atoms with Gasteiger partial charge in [-0.2, -0.15) is 4.89 Å². The van der Waals surface area contributed by atoms with Crippen molar-refractivity contribution in [3.63, 3.8) is 0 Å². The van der Waals surface area contributed by atoms with Crippen LogP contribution in [0, 0.1) is 5.92 Å². The van der Waals surface area contributed by atoms with E-state index in [0.29, 0.717) is 12.2 Å². The van der Waals surface area contributed by atoms with Gasteiger partial charge in [0.15, 0.2) is 0 Å². The molecule has 0 aromatic heterocycles. The highest BCUT2D eigenvalue weighted by Crippen LogP contribution is 2.02. The Hall–Kier alpha value is -1.35. The number of rotatable bonds is 4. The number of benzene rings is 1. The zero-order valence-electron chi connectivity index (χ0n) is 8.32. The van der Waals surface area contributed by atoms with Crippen LogP contribution in [-0.4, -0.2) is 12.6 Å². The summed E-state index contributed by atoms with van der Waals surface area (Å²) in [4.78, 5) is 20.6. The van der Waals surface area contributed by atoms with E-state index >= 15 is 0 Å². The molecule has 0 N–H and O–H groups in total. The van der Waals surface area contributed by atoms with E-state index in [1.54, 1.807) is 24.3 Å². The normalized spacial score (nSPS) is 10.2. The molecule has 0 aliphatic carbocycles. The van der Waals surface area contributed by atoms with Crippen molar-refractivity contribution >= 4 is 5.97 Å². The van der Waals surface area contributed by atoms with Crippen molar-refractivity contribution in [3.05, 3.63) is 41.8 Å². The predicted molar refractivity (Wildman–Crippen MR) is 52.4 cm³/mol. The van der Waals surface area contributed by atoms with Crippen LogP contribution in [0.2, 0.25) is 0 Å². The summed E-state index contributed by atoms with van der Waals surface area (Å²) in [6.07, 6.45) is 0. The Morgan fingerprint density at radius 1 is 1.21 bits per heavy atom. The summed E-state index contributed by atoms with van der Waals surface area (Å²) in [5, 5.41) is 0. The van der Waals surface area contributed by atoms with Crippen LogP contribution in [0.5, 0.6) is 0 Å². The molecule has 0 saturated carbocycles. The lowest BCUT2D eigenvalue weighted by Gasteiger charge is -2.04. The maximum Gasteiger partial charge on any atom is 0.373 e. The van der Waals surface area contributed by atoms with E-state index < -0.39 is 5.97 Å². The van der Waals surface area contributed by atoms with E-state index in [-0.39, 0.29) is 0 Å². The van der Waals surface area contributed by atoms with Crippen molar-refractivity contribution < 1.29 is 14.6 Å². The summed E-state index contributed by atoms with van der Waals surface area (Å²) in [5.41, 5.74) is 0.487. The highest BCUT2D eigenvalue weighted by atomic mass is 17.2. The number of carbonyl (C=O) groups excluding carboxylic acids is 1. The van der Waals surface area contributed by atoms with Gasteiger partial charge in [-0.05, 0) is 18.1 Å². The Labute approximate surface area is 83.6 Å². The molecule has 0 spiro atoms. The second-order valence-corrected chi connectivity index (χ2v) is 3.21. The molecule has 1 radical (unpaired) electrons. The number of hydrogen-bond donors (Lipinski definition) is 0. The molecule has 0 atom stereocenters. The average Bonchev–Trinajstić information content (AvgIpc) is 2.18. The molecule has 1 aromatic carbocycles. The highest BCUT2D eigenvalue weighted by Gasteiger charge is 2.07. The lowest BCUT2D eigenvalue weighted by Crippen LogP contribution is -2.08. The number of hydrogen-bond acceptors (Lipinski definition) is 3. The van der Waals surface area contributed by atoms with Crippen LogP contribution in [0.3, 0.4) is 0 Å². The van der Waals surface area contributed by atoms with Crippen LogP contribution < -0.4 is 0 Å². The van der Waals surface area contributed by atoms with E-state index in [1.807, 2.05) is 19.9 Å². The first kappa shape index (κ1) is 10.7. The summed E-state index contributed by atoms with van der Waals surface area (Å²) >= 11 is 0. The summed E-state index contributed by atoms with van der Waals surface area (Å²) in [7, 11) is 0. The molecule has 3 heteroatoms. The van der Waals surface area contributed by atoms with Gasteiger partial charge in [0.05, 0.1) is 12.2 Å². The van der Waals surface area contributed by atoms with E-state index in [9.17, 15) is 4.79 Å². The molecule has 14 heavy (non-hydrogen) atoms. The standard InChI is InChI=1S/C11H13O3/c1-9(2)8-13-14-11(12)10-6-4-3-5-7-10/h3-7H,8H2,1-2H3. The molecule has 0 amide bonds. The van der Waals surface area contributed by atoms with Gasteiger partial charge >= 0.3 is 5.97 Å². The first-order valence-electron chi connectivity index (χ1n) is 4.38. The van der Waals surface area contributed by atoms with Gasteiger partial charge in [-0.3, -0.25) is 4.89 Å². The first-order chi connectivity index (χ1) is 6.70. The van der Waals surface area contributed by atoms with Crippen LogP contribution in [0.25, 0.3) is 0 Å². The van der Waals surface area contributed by atoms with E-state index in [1.165, 1.54) is 0 Å². The highest BCUT2D eigenvalue weighted by molar-refractivity contribution is 5.88. The smallest absolute Gasteiger partial charge is 0.293 e. The Morgan fingerprint density at radius 2 is 1.86 bits per heavy atom. The molecule has 3 nitrogen and oxygen atoms in total. The fraction of sp³-hybridized carbons (Fsp3) is 0.273. The molecular formula is C11H13O3. The van der Waals surface area contributed by atoms with Gasteiger partial charge in [-0.15, -0.1) is 0 Å². The Balaban J connectivity index is 2.36. The summed E-state index contributed by atoms with van der Waals surface area (Å²) in [6, 6.07) is 8.73. The molecule has 0 saturated heterocycles. The molecule has 0 aliphatic heterocycles. The molecule has 1 rings (SSSR count). The zero-order valence-corrected chi connectivity index (χ0v) is 8.32. The van der Waals surface area contributed by atoms with Crippen molar-refractivity contribution in [1.29, 1.82) is 0 Å². The lowest BCUT2D eigenvalue weighted by molar-refractivity contribution is -0.236. The van der Waals surface area contributed by atoms with Gasteiger partial charge in [0.1, 0.15) is 0 Å². The van der Waals surface area contributed by atoms with E-state index in [0.717, 1.165) is 5.92 Å². The Kier molecular flexibility index (Phi) is 4.13. The average molecular weight is 193 g/mol. The van der Waals surface area contributed by atoms with Gasteiger partial charge < -0.3 is 0 Å². The second-order valence-electron chi connectivity index (χ2n) is 3.21. The topological polar surface area (TPSA) is 35.5 Å². The maximum absolute atomic E-state index is 11.3. The molecule has 1 aromatic rings. The van der Waals surface area contributed by atoms with Crippen LogP contribution in [0.1, 0.15) is 24.2 Å². The van der Waals surface area contributed by atoms with Crippen LogP contribution in [0.15, 0.2) is 30.3 Å². The maximum atomic E-state index is 11.3. The minimum Gasteiger partial charge on any atom is -0.293 e. The molecular weight excluding hydrogens is 180 g/mol. The van der Waals surface area contributed by atoms with Crippen molar-refractivity contribution in [2.45, 2.75) is 13.8 Å². The molecule has 0 fully saturated rings. The van der Waals surface area contributed by atoms with Crippen LogP contribution in [0.4, 0.5) is 0 Å². The van der Waals surface area contributed by atoms with Gasteiger partial charge in [-0.1, -0.05) is 32.0 Å². The summed E-state index contributed by atoms with van der Waals surface area (Å²) in [6.45, 7) is 4.13. The Bertz CT molecular complexity index is 280. The fourth-order valence-corrected chi connectivity index (χ4v) is 0.823. The predicted octanol–water partition coefficient (Wildman–Crippen LogP) is 2.39. The zero-order chi connectivity index (χ0) is 10.4. The fourth-order valence-electron chi connectivity index (χ4n) is 0.823. The molecule has 0 bridgehead atoms. The largest absolute Gasteiger partial charge is 0.373 e. The van der Waals surface area contributed by atoms with Gasteiger partial charge in [0.25, 0.3) is 0 Å². The minimum absolute atomic E-state index is 0.332. The third-order valence-corrected chi connectivity index (χ3v) is 1.49. The van der Waals surface area contributed by atoms with Crippen molar-refractivity contribution in [2.24, 2.45) is 0 Å². The monoisotopic (exact) mass is 193 g/mol. The van der Waals surface area contributed by atoms with E-state index in [2.05, 4.69) is 4.89 Å². The number of carbonyl (C=O) groups is 1. The summed E-state index contributed by atoms with van der Waals surface area (Å²) < 4.78 is 0. The third-order valence-electron chi connectivity index (χ3n) is 1.49. The van der Waals surface area contributed by atoms with Gasteiger partial charge in [0, 0.05) is 0 Å². The van der Waals surface area contributed by atoms with Crippen LogP contribution in [-0.2, 0) is 9.78 Å². The molecule has 75 valence electrons. The first-order valence-corrected chi connectivity index (χ1v) is 4.38. The molecule has 0 unspecified atom stereocenters. The van der Waals surface area contributed by atoms with Crippen molar-refractivity contribution in [1.82, 2.24) is 0 Å². The van der Waals surface area contributed by atoms with E-state index in [4.69, 9.17) is 4.89 Å². The SMILES string of the molecule is C[C](C)COOC(=O)c1ccccc1. The second kappa shape index (κ2) is 5.40. The van der Waals surface area contributed by atoms with Crippen molar-refractivity contribution in [3.8, 4) is 0 Å².